The first-order valence-electron chi connectivity index (χ1n) is 6.22. The van der Waals surface area contributed by atoms with E-state index in [1.165, 1.54) is 0 Å². The van der Waals surface area contributed by atoms with E-state index in [-0.39, 0.29) is 0 Å². The van der Waals surface area contributed by atoms with Crippen molar-refractivity contribution in [3.05, 3.63) is 23.9 Å². The van der Waals surface area contributed by atoms with Crippen molar-refractivity contribution in [2.75, 3.05) is 33.3 Å². The molecule has 0 unspecified atom stereocenters. The van der Waals surface area contributed by atoms with Crippen LogP contribution in [0.3, 0.4) is 0 Å². The SMILES string of the molecule is CCNCCN(CC)Cc1cccnc1OC. The van der Waals surface area contributed by atoms with Gasteiger partial charge in [-0.05, 0) is 19.2 Å². The summed E-state index contributed by atoms with van der Waals surface area (Å²) in [5.74, 6) is 0.731. The lowest BCUT2D eigenvalue weighted by Gasteiger charge is -2.21. The zero-order chi connectivity index (χ0) is 12.5. The van der Waals surface area contributed by atoms with E-state index >= 15 is 0 Å². The van der Waals surface area contributed by atoms with Gasteiger partial charge in [-0.1, -0.05) is 19.9 Å². The predicted octanol–water partition coefficient (Wildman–Crippen LogP) is 1.52. The van der Waals surface area contributed by atoms with Crippen LogP contribution < -0.4 is 10.1 Å². The minimum absolute atomic E-state index is 0.731. The van der Waals surface area contributed by atoms with Crippen LogP contribution in [0, 0.1) is 0 Å². The number of methoxy groups -OCH3 is 1. The maximum absolute atomic E-state index is 5.26. The molecule has 0 saturated heterocycles. The second-order valence-corrected chi connectivity index (χ2v) is 3.89. The number of likely N-dealkylation sites (N-methyl/N-ethyl adjacent to an activating group) is 2. The number of hydrogen-bond acceptors (Lipinski definition) is 4. The molecule has 0 aliphatic rings. The van der Waals surface area contributed by atoms with E-state index in [1.54, 1.807) is 13.3 Å². The molecule has 4 heteroatoms. The van der Waals surface area contributed by atoms with Crippen molar-refractivity contribution >= 4 is 0 Å². The van der Waals surface area contributed by atoms with Crippen LogP contribution in [0.2, 0.25) is 0 Å². The van der Waals surface area contributed by atoms with Gasteiger partial charge < -0.3 is 10.1 Å². The maximum atomic E-state index is 5.26. The second kappa shape index (κ2) is 8.03. The van der Waals surface area contributed by atoms with Gasteiger partial charge in [-0.2, -0.15) is 0 Å². The maximum Gasteiger partial charge on any atom is 0.217 e. The molecule has 0 saturated carbocycles. The van der Waals surface area contributed by atoms with Crippen molar-refractivity contribution in [2.45, 2.75) is 20.4 Å². The standard InChI is InChI=1S/C13H23N3O/c1-4-14-9-10-16(5-2)11-12-7-6-8-15-13(12)17-3/h6-8,14H,4-5,9-11H2,1-3H3. The molecule has 0 fully saturated rings. The minimum atomic E-state index is 0.731. The normalized spacial score (nSPS) is 10.8. The van der Waals surface area contributed by atoms with Gasteiger partial charge in [-0.25, -0.2) is 4.98 Å². The van der Waals surface area contributed by atoms with E-state index in [1.807, 2.05) is 6.07 Å². The summed E-state index contributed by atoms with van der Waals surface area (Å²) >= 11 is 0. The van der Waals surface area contributed by atoms with Gasteiger partial charge in [0.1, 0.15) is 0 Å². The summed E-state index contributed by atoms with van der Waals surface area (Å²) in [6.45, 7) is 9.31. The molecule has 0 aromatic carbocycles. The monoisotopic (exact) mass is 237 g/mol. The van der Waals surface area contributed by atoms with Crippen molar-refractivity contribution in [1.82, 2.24) is 15.2 Å². The van der Waals surface area contributed by atoms with Crippen LogP contribution in [0.4, 0.5) is 0 Å². The molecule has 1 heterocycles. The zero-order valence-corrected chi connectivity index (χ0v) is 11.1. The summed E-state index contributed by atoms with van der Waals surface area (Å²) in [6.07, 6.45) is 1.76. The van der Waals surface area contributed by atoms with E-state index in [4.69, 9.17) is 4.74 Å². The zero-order valence-electron chi connectivity index (χ0n) is 11.1. The fourth-order valence-corrected chi connectivity index (χ4v) is 1.73. The minimum Gasteiger partial charge on any atom is -0.481 e. The number of ether oxygens (including phenoxy) is 1. The number of nitrogens with one attached hydrogen (secondary N) is 1. The highest BCUT2D eigenvalue weighted by molar-refractivity contribution is 5.25. The lowest BCUT2D eigenvalue weighted by Crippen LogP contribution is -2.31. The number of hydrogen-bond donors (Lipinski definition) is 1. The van der Waals surface area contributed by atoms with Gasteiger partial charge in [-0.3, -0.25) is 4.90 Å². The van der Waals surface area contributed by atoms with Crippen LogP contribution in [-0.4, -0.2) is 43.2 Å². The molecule has 1 N–H and O–H groups in total. The van der Waals surface area contributed by atoms with Gasteiger partial charge in [-0.15, -0.1) is 0 Å². The van der Waals surface area contributed by atoms with E-state index in [2.05, 4.69) is 35.1 Å². The quantitative estimate of drug-likeness (QED) is 0.696. The van der Waals surface area contributed by atoms with Crippen molar-refractivity contribution in [1.29, 1.82) is 0 Å². The first-order chi connectivity index (χ1) is 8.31. The van der Waals surface area contributed by atoms with E-state index in [0.717, 1.165) is 44.2 Å². The Labute approximate surface area is 104 Å². The molecule has 0 radical (unpaired) electrons. The van der Waals surface area contributed by atoms with Crippen LogP contribution in [0.15, 0.2) is 18.3 Å². The highest BCUT2D eigenvalue weighted by atomic mass is 16.5. The highest BCUT2D eigenvalue weighted by Crippen LogP contribution is 2.15. The Morgan fingerprint density at radius 2 is 2.24 bits per heavy atom. The topological polar surface area (TPSA) is 37.4 Å². The Hall–Kier alpha value is -1.13. The van der Waals surface area contributed by atoms with E-state index in [0.29, 0.717) is 0 Å². The molecule has 1 rings (SSSR count). The Morgan fingerprint density at radius 1 is 1.41 bits per heavy atom. The summed E-state index contributed by atoms with van der Waals surface area (Å²) in [5.41, 5.74) is 1.15. The summed E-state index contributed by atoms with van der Waals surface area (Å²) in [4.78, 5) is 6.59. The van der Waals surface area contributed by atoms with Gasteiger partial charge in [0.15, 0.2) is 0 Å². The molecule has 0 bridgehead atoms. The molecule has 0 aliphatic carbocycles. The van der Waals surface area contributed by atoms with Crippen LogP contribution >= 0.6 is 0 Å². The van der Waals surface area contributed by atoms with Gasteiger partial charge >= 0.3 is 0 Å². The summed E-state index contributed by atoms with van der Waals surface area (Å²) < 4.78 is 5.26. The number of pyridine rings is 1. The molecule has 0 aliphatic heterocycles. The van der Waals surface area contributed by atoms with E-state index < -0.39 is 0 Å². The van der Waals surface area contributed by atoms with Crippen molar-refractivity contribution in [3.63, 3.8) is 0 Å². The largest absolute Gasteiger partial charge is 0.481 e. The molecule has 0 atom stereocenters. The van der Waals surface area contributed by atoms with Crippen molar-refractivity contribution in [3.8, 4) is 5.88 Å². The smallest absolute Gasteiger partial charge is 0.217 e. The third-order valence-electron chi connectivity index (χ3n) is 2.74. The first-order valence-corrected chi connectivity index (χ1v) is 6.22. The van der Waals surface area contributed by atoms with Crippen LogP contribution in [0.1, 0.15) is 19.4 Å². The molecule has 17 heavy (non-hydrogen) atoms. The van der Waals surface area contributed by atoms with Crippen LogP contribution in [0.25, 0.3) is 0 Å². The first kappa shape index (κ1) is 13.9. The van der Waals surface area contributed by atoms with E-state index in [9.17, 15) is 0 Å². The lowest BCUT2D eigenvalue weighted by atomic mass is 10.2. The summed E-state index contributed by atoms with van der Waals surface area (Å²) in [6, 6.07) is 4.03. The van der Waals surface area contributed by atoms with Crippen molar-refractivity contribution in [2.24, 2.45) is 0 Å². The van der Waals surface area contributed by atoms with Crippen molar-refractivity contribution < 1.29 is 4.74 Å². The average molecular weight is 237 g/mol. The molecule has 4 nitrogen and oxygen atoms in total. The van der Waals surface area contributed by atoms with Gasteiger partial charge in [0.05, 0.1) is 7.11 Å². The summed E-state index contributed by atoms with van der Waals surface area (Å²) in [5, 5.41) is 3.34. The third kappa shape index (κ3) is 4.71. The predicted molar refractivity (Wildman–Crippen MR) is 70.3 cm³/mol. The van der Waals surface area contributed by atoms with Crippen LogP contribution in [0.5, 0.6) is 5.88 Å². The molecule has 1 aromatic rings. The van der Waals surface area contributed by atoms with Gasteiger partial charge in [0.25, 0.3) is 0 Å². The highest BCUT2D eigenvalue weighted by Gasteiger charge is 2.08. The Balaban J connectivity index is 2.54. The summed E-state index contributed by atoms with van der Waals surface area (Å²) in [7, 11) is 1.67. The Kier molecular flexibility index (Phi) is 6.58. The lowest BCUT2D eigenvalue weighted by molar-refractivity contribution is 0.273. The van der Waals surface area contributed by atoms with Crippen LogP contribution in [-0.2, 0) is 6.54 Å². The average Bonchev–Trinajstić information content (AvgIpc) is 2.38. The van der Waals surface area contributed by atoms with Gasteiger partial charge in [0.2, 0.25) is 5.88 Å². The molecular weight excluding hydrogens is 214 g/mol. The Morgan fingerprint density at radius 3 is 2.88 bits per heavy atom. The fraction of sp³-hybridized carbons (Fsp3) is 0.615. The molecular formula is C13H23N3O. The number of nitrogens with zero attached hydrogens (tertiary/aromatic N) is 2. The molecule has 0 spiro atoms. The number of rotatable bonds is 8. The fourth-order valence-electron chi connectivity index (χ4n) is 1.73. The Bertz CT molecular complexity index is 317. The molecule has 96 valence electrons. The third-order valence-corrected chi connectivity index (χ3v) is 2.74. The number of aromatic nitrogens is 1. The molecule has 0 amide bonds. The second-order valence-electron chi connectivity index (χ2n) is 3.89. The molecule has 1 aromatic heterocycles. The van der Waals surface area contributed by atoms with Gasteiger partial charge in [0, 0.05) is 31.4 Å².